The van der Waals surface area contributed by atoms with Gasteiger partial charge in [-0.3, -0.25) is 0 Å². The molecule has 1 unspecified atom stereocenters. The Morgan fingerprint density at radius 1 is 0.969 bits per heavy atom. The second-order valence-electron chi connectivity index (χ2n) is 10.5. The molecule has 0 bridgehead atoms. The van der Waals surface area contributed by atoms with Crippen molar-refractivity contribution in [3.05, 3.63) is 42.0 Å². The minimum atomic E-state index is -1.84. The maximum Gasteiger partial charge on any atom is 0.410 e. The molecule has 0 aliphatic heterocycles. The minimum Gasteiger partial charge on any atom is -0.442 e. The number of nitrogens with zero attached hydrogens (tertiary/aromatic N) is 1. The van der Waals surface area contributed by atoms with Crippen molar-refractivity contribution in [2.45, 2.75) is 111 Å². The molecule has 0 fully saturated rings. The van der Waals surface area contributed by atoms with E-state index in [-0.39, 0.29) is 17.2 Å². The summed E-state index contributed by atoms with van der Waals surface area (Å²) in [4.78, 5) is 14.6. The molecule has 182 valence electrons. The van der Waals surface area contributed by atoms with Crippen LogP contribution in [0.3, 0.4) is 0 Å². The highest BCUT2D eigenvalue weighted by atomic mass is 28.3. The standard InChI is InChI=1S/C28H49NO2Si/c1-9-12-13-14-15-19-22-25(31-27(30)29(10-2)11-3)23-26(24-20-17-16-18-21-24)32(7,8)28(4,5)6/h16-18,20-21,23,25H,9-15,19,22H2,1-8H3/b26-23+. The maximum atomic E-state index is 12.8. The van der Waals surface area contributed by atoms with Crippen LogP contribution in [-0.2, 0) is 4.74 Å². The number of ether oxygens (including phenoxy) is 1. The summed E-state index contributed by atoms with van der Waals surface area (Å²) >= 11 is 0. The van der Waals surface area contributed by atoms with Crippen molar-refractivity contribution in [2.24, 2.45) is 0 Å². The van der Waals surface area contributed by atoms with Crippen molar-refractivity contribution in [3.8, 4) is 0 Å². The van der Waals surface area contributed by atoms with E-state index in [1.807, 2.05) is 13.8 Å². The lowest BCUT2D eigenvalue weighted by atomic mass is 10.1. The highest BCUT2D eigenvalue weighted by molar-refractivity contribution is 6.96. The zero-order valence-electron chi connectivity index (χ0n) is 22.2. The Kier molecular flexibility index (Phi) is 12.3. The van der Waals surface area contributed by atoms with Crippen LogP contribution in [0.2, 0.25) is 18.1 Å². The summed E-state index contributed by atoms with van der Waals surface area (Å²) in [5.41, 5.74) is 1.27. The van der Waals surface area contributed by atoms with Crippen LogP contribution in [-0.4, -0.2) is 38.3 Å². The molecule has 0 N–H and O–H groups in total. The molecule has 0 spiro atoms. The molecule has 1 amide bonds. The zero-order valence-corrected chi connectivity index (χ0v) is 23.2. The topological polar surface area (TPSA) is 29.5 Å². The van der Waals surface area contributed by atoms with Crippen molar-refractivity contribution >= 4 is 19.4 Å². The van der Waals surface area contributed by atoms with E-state index >= 15 is 0 Å². The molecule has 0 aromatic heterocycles. The quantitative estimate of drug-likeness (QED) is 0.218. The molecule has 0 aliphatic carbocycles. The second-order valence-corrected chi connectivity index (χ2v) is 15.8. The fourth-order valence-corrected chi connectivity index (χ4v) is 6.16. The third-order valence-electron chi connectivity index (χ3n) is 7.10. The predicted molar refractivity (Wildman–Crippen MR) is 143 cm³/mol. The fourth-order valence-electron chi connectivity index (χ4n) is 3.86. The van der Waals surface area contributed by atoms with Crippen molar-refractivity contribution in [1.29, 1.82) is 0 Å². The Morgan fingerprint density at radius 2 is 1.53 bits per heavy atom. The highest BCUT2D eigenvalue weighted by Crippen LogP contribution is 2.44. The molecule has 3 nitrogen and oxygen atoms in total. The first-order chi connectivity index (χ1) is 15.1. The Labute approximate surface area is 199 Å². The average Bonchev–Trinajstić information content (AvgIpc) is 2.74. The summed E-state index contributed by atoms with van der Waals surface area (Å²) in [7, 11) is -1.84. The number of rotatable bonds is 13. The van der Waals surface area contributed by atoms with Gasteiger partial charge in [-0.15, -0.1) is 0 Å². The summed E-state index contributed by atoms with van der Waals surface area (Å²) in [5, 5.41) is 1.59. The molecule has 32 heavy (non-hydrogen) atoms. The van der Waals surface area contributed by atoms with E-state index in [1.165, 1.54) is 42.9 Å². The number of benzene rings is 1. The van der Waals surface area contributed by atoms with Gasteiger partial charge in [0.25, 0.3) is 0 Å². The van der Waals surface area contributed by atoms with E-state index in [0.29, 0.717) is 13.1 Å². The van der Waals surface area contributed by atoms with Crippen molar-refractivity contribution < 1.29 is 9.53 Å². The molecule has 1 rings (SSSR count). The van der Waals surface area contributed by atoms with E-state index in [1.54, 1.807) is 4.90 Å². The van der Waals surface area contributed by atoms with Gasteiger partial charge in [-0.25, -0.2) is 4.79 Å². The average molecular weight is 460 g/mol. The lowest BCUT2D eigenvalue weighted by Crippen LogP contribution is -2.40. The first-order valence-electron chi connectivity index (χ1n) is 12.8. The summed E-state index contributed by atoms with van der Waals surface area (Å²) in [5.74, 6) is 0. The van der Waals surface area contributed by atoms with E-state index in [4.69, 9.17) is 4.74 Å². The number of hydrogen-bond donors (Lipinski definition) is 0. The van der Waals surface area contributed by atoms with Crippen LogP contribution in [0.1, 0.15) is 92.1 Å². The van der Waals surface area contributed by atoms with Crippen LogP contribution < -0.4 is 0 Å². The van der Waals surface area contributed by atoms with Gasteiger partial charge in [0.2, 0.25) is 0 Å². The first-order valence-corrected chi connectivity index (χ1v) is 15.8. The van der Waals surface area contributed by atoms with E-state index < -0.39 is 8.07 Å². The third-order valence-corrected chi connectivity index (χ3v) is 12.7. The van der Waals surface area contributed by atoms with E-state index in [0.717, 1.165) is 12.8 Å². The normalized spacial score (nSPS) is 13.7. The zero-order chi connectivity index (χ0) is 24.2. The number of carbonyl (C=O) groups excluding carboxylic acids is 1. The highest BCUT2D eigenvalue weighted by Gasteiger charge is 2.39. The van der Waals surface area contributed by atoms with Crippen LogP contribution in [0.15, 0.2) is 36.4 Å². The molecular weight excluding hydrogens is 410 g/mol. The van der Waals surface area contributed by atoms with Gasteiger partial charge < -0.3 is 9.64 Å². The van der Waals surface area contributed by atoms with Gasteiger partial charge in [0, 0.05) is 13.1 Å². The maximum absolute atomic E-state index is 12.8. The van der Waals surface area contributed by atoms with E-state index in [9.17, 15) is 4.79 Å². The van der Waals surface area contributed by atoms with Crippen molar-refractivity contribution in [3.63, 3.8) is 0 Å². The van der Waals surface area contributed by atoms with Crippen molar-refractivity contribution in [1.82, 2.24) is 4.90 Å². The smallest absolute Gasteiger partial charge is 0.410 e. The molecule has 1 aromatic carbocycles. The molecule has 0 heterocycles. The van der Waals surface area contributed by atoms with Gasteiger partial charge in [0.1, 0.15) is 6.10 Å². The van der Waals surface area contributed by atoms with Gasteiger partial charge in [-0.2, -0.15) is 0 Å². The Morgan fingerprint density at radius 3 is 2.06 bits per heavy atom. The number of amides is 1. The van der Waals surface area contributed by atoms with Crippen LogP contribution in [0.4, 0.5) is 4.79 Å². The summed E-state index contributed by atoms with van der Waals surface area (Å²) in [6, 6.07) is 10.7. The second kappa shape index (κ2) is 13.9. The van der Waals surface area contributed by atoms with Gasteiger partial charge in [-0.05, 0) is 43.4 Å². The summed E-state index contributed by atoms with van der Waals surface area (Å²) < 4.78 is 6.11. The minimum absolute atomic E-state index is 0.182. The van der Waals surface area contributed by atoms with Crippen LogP contribution >= 0.6 is 0 Å². The monoisotopic (exact) mass is 459 g/mol. The van der Waals surface area contributed by atoms with Crippen LogP contribution in [0.5, 0.6) is 0 Å². The van der Waals surface area contributed by atoms with Gasteiger partial charge in [0.15, 0.2) is 0 Å². The number of carbonyl (C=O) groups is 1. The number of unbranched alkanes of at least 4 members (excludes halogenated alkanes) is 5. The largest absolute Gasteiger partial charge is 0.442 e. The molecule has 0 saturated carbocycles. The van der Waals surface area contributed by atoms with E-state index in [2.05, 4.69) is 77.2 Å². The van der Waals surface area contributed by atoms with Crippen LogP contribution in [0, 0.1) is 0 Å². The SMILES string of the molecule is CCCCCCCCC(/C=C(\c1ccccc1)[Si](C)(C)C(C)(C)C)OC(=O)N(CC)CC. The molecule has 0 aliphatic rings. The molecule has 1 atom stereocenters. The van der Waals surface area contributed by atoms with Crippen molar-refractivity contribution in [2.75, 3.05) is 13.1 Å². The first kappa shape index (κ1) is 28.5. The summed E-state index contributed by atoms with van der Waals surface area (Å²) in [6.07, 6.45) is 10.3. The molecular formula is C28H49NO2Si. The number of hydrogen-bond acceptors (Lipinski definition) is 2. The van der Waals surface area contributed by atoms with Gasteiger partial charge in [0.05, 0.1) is 8.07 Å². The molecule has 0 saturated heterocycles. The third kappa shape index (κ3) is 8.76. The lowest BCUT2D eigenvalue weighted by molar-refractivity contribution is 0.0793. The molecule has 4 heteroatoms. The van der Waals surface area contributed by atoms with Gasteiger partial charge >= 0.3 is 6.09 Å². The van der Waals surface area contributed by atoms with Crippen LogP contribution in [0.25, 0.3) is 5.20 Å². The predicted octanol–water partition coefficient (Wildman–Crippen LogP) is 8.72. The molecule has 1 aromatic rings. The van der Waals surface area contributed by atoms with Gasteiger partial charge in [-0.1, -0.05) is 108 Å². The Hall–Kier alpha value is -1.55. The Balaban J connectivity index is 3.23. The Bertz CT molecular complexity index is 687. The molecule has 0 radical (unpaired) electrons. The fraction of sp³-hybridized carbons (Fsp3) is 0.679. The lowest BCUT2D eigenvalue weighted by Gasteiger charge is -2.40. The summed E-state index contributed by atoms with van der Waals surface area (Å²) in [6.45, 7) is 19.6.